The maximum Gasteiger partial charge on any atom is 0.265 e. The summed E-state index contributed by atoms with van der Waals surface area (Å²) in [5.41, 5.74) is 4.19. The Balaban J connectivity index is 1.58. The quantitative estimate of drug-likeness (QED) is 0.876. The Hall–Kier alpha value is -2.82. The molecule has 0 radical (unpaired) electrons. The van der Waals surface area contributed by atoms with Gasteiger partial charge in [0.05, 0.1) is 0 Å². The number of aryl methyl sites for hydroxylation is 2. The highest BCUT2D eigenvalue weighted by atomic mass is 16.5. The van der Waals surface area contributed by atoms with Gasteiger partial charge in [-0.2, -0.15) is 0 Å². The monoisotopic (exact) mass is 338 g/mol. The van der Waals surface area contributed by atoms with Crippen LogP contribution in [-0.2, 0) is 22.4 Å². The van der Waals surface area contributed by atoms with E-state index in [0.717, 1.165) is 18.5 Å². The molecule has 0 aliphatic heterocycles. The minimum atomic E-state index is -0.625. The second kappa shape index (κ2) is 7.38. The van der Waals surface area contributed by atoms with Gasteiger partial charge in [-0.15, -0.1) is 0 Å². The van der Waals surface area contributed by atoms with E-state index in [0.29, 0.717) is 11.4 Å². The number of fused-ring (bicyclic) bond motifs is 1. The van der Waals surface area contributed by atoms with Gasteiger partial charge in [0.15, 0.2) is 6.10 Å². The van der Waals surface area contributed by atoms with Gasteiger partial charge in [-0.05, 0) is 73.7 Å². The van der Waals surface area contributed by atoms with E-state index in [1.54, 1.807) is 31.2 Å². The standard InChI is InChI=1S/C20H22N2O3/c1-13(25-19-10-8-17(9-11-19)21-14(2)23)20(24)22-18-7-6-15-4-3-5-16(15)12-18/h6-13H,3-5H2,1-2H3,(H,21,23)(H,22,24). The zero-order valence-corrected chi connectivity index (χ0v) is 14.5. The van der Waals surface area contributed by atoms with Gasteiger partial charge in [0.1, 0.15) is 5.75 Å². The molecule has 0 saturated heterocycles. The van der Waals surface area contributed by atoms with E-state index in [4.69, 9.17) is 4.74 Å². The van der Waals surface area contributed by atoms with Crippen molar-refractivity contribution in [3.05, 3.63) is 53.6 Å². The Labute approximate surface area is 147 Å². The number of carbonyl (C=O) groups is 2. The summed E-state index contributed by atoms with van der Waals surface area (Å²) in [5, 5.41) is 5.60. The Morgan fingerprint density at radius 3 is 2.36 bits per heavy atom. The molecule has 0 spiro atoms. The Bertz CT molecular complexity index is 784. The van der Waals surface area contributed by atoms with Crippen LogP contribution in [0.2, 0.25) is 0 Å². The number of ether oxygens (including phenoxy) is 1. The van der Waals surface area contributed by atoms with Gasteiger partial charge >= 0.3 is 0 Å². The molecule has 5 heteroatoms. The lowest BCUT2D eigenvalue weighted by molar-refractivity contribution is -0.122. The van der Waals surface area contributed by atoms with Crippen molar-refractivity contribution in [3.8, 4) is 5.75 Å². The van der Waals surface area contributed by atoms with Crippen LogP contribution in [0, 0.1) is 0 Å². The summed E-state index contributed by atoms with van der Waals surface area (Å²) in [7, 11) is 0. The SMILES string of the molecule is CC(=O)Nc1ccc(OC(C)C(=O)Nc2ccc3c(c2)CCC3)cc1. The van der Waals surface area contributed by atoms with Crippen LogP contribution in [0.25, 0.3) is 0 Å². The number of hydrogen-bond donors (Lipinski definition) is 2. The fraction of sp³-hybridized carbons (Fsp3) is 0.300. The molecule has 0 fully saturated rings. The van der Waals surface area contributed by atoms with Crippen LogP contribution in [0.1, 0.15) is 31.4 Å². The van der Waals surface area contributed by atoms with Gasteiger partial charge in [-0.3, -0.25) is 9.59 Å². The van der Waals surface area contributed by atoms with Gasteiger partial charge in [-0.25, -0.2) is 0 Å². The second-order valence-corrected chi connectivity index (χ2v) is 6.29. The van der Waals surface area contributed by atoms with Crippen molar-refractivity contribution in [2.24, 2.45) is 0 Å². The summed E-state index contributed by atoms with van der Waals surface area (Å²) in [6.45, 7) is 3.17. The largest absolute Gasteiger partial charge is 0.481 e. The van der Waals surface area contributed by atoms with Gasteiger partial charge in [0, 0.05) is 18.3 Å². The van der Waals surface area contributed by atoms with Crippen LogP contribution in [0.3, 0.4) is 0 Å². The predicted molar refractivity (Wildman–Crippen MR) is 97.9 cm³/mol. The molecule has 0 bridgehead atoms. The van der Waals surface area contributed by atoms with Crippen molar-refractivity contribution >= 4 is 23.2 Å². The smallest absolute Gasteiger partial charge is 0.265 e. The molecule has 1 atom stereocenters. The zero-order valence-electron chi connectivity index (χ0n) is 14.5. The van der Waals surface area contributed by atoms with Crippen molar-refractivity contribution < 1.29 is 14.3 Å². The van der Waals surface area contributed by atoms with E-state index in [9.17, 15) is 9.59 Å². The van der Waals surface area contributed by atoms with Crippen molar-refractivity contribution in [3.63, 3.8) is 0 Å². The Morgan fingerprint density at radius 2 is 1.64 bits per heavy atom. The van der Waals surface area contributed by atoms with Crippen molar-refractivity contribution in [1.29, 1.82) is 0 Å². The first-order valence-electron chi connectivity index (χ1n) is 8.48. The number of benzene rings is 2. The molecule has 1 aliphatic rings. The normalized spacial score (nSPS) is 13.7. The first-order valence-corrected chi connectivity index (χ1v) is 8.48. The third-order valence-electron chi connectivity index (χ3n) is 4.22. The Kier molecular flexibility index (Phi) is 5.03. The van der Waals surface area contributed by atoms with Gasteiger partial charge in [-0.1, -0.05) is 6.07 Å². The van der Waals surface area contributed by atoms with Crippen LogP contribution in [-0.4, -0.2) is 17.9 Å². The maximum absolute atomic E-state index is 12.3. The molecule has 1 unspecified atom stereocenters. The van der Waals surface area contributed by atoms with E-state index >= 15 is 0 Å². The highest BCUT2D eigenvalue weighted by Crippen LogP contribution is 2.25. The average molecular weight is 338 g/mol. The number of carbonyl (C=O) groups excluding carboxylic acids is 2. The lowest BCUT2D eigenvalue weighted by Crippen LogP contribution is -2.30. The summed E-state index contributed by atoms with van der Waals surface area (Å²) in [4.78, 5) is 23.4. The molecule has 3 rings (SSSR count). The summed E-state index contributed by atoms with van der Waals surface area (Å²) in [6.07, 6.45) is 2.75. The van der Waals surface area contributed by atoms with E-state index in [2.05, 4.69) is 22.8 Å². The van der Waals surface area contributed by atoms with Gasteiger partial charge < -0.3 is 15.4 Å². The molecule has 0 aromatic heterocycles. The van der Waals surface area contributed by atoms with Crippen LogP contribution in [0.15, 0.2) is 42.5 Å². The number of hydrogen-bond acceptors (Lipinski definition) is 3. The molecular weight excluding hydrogens is 316 g/mol. The lowest BCUT2D eigenvalue weighted by Gasteiger charge is -2.15. The molecule has 2 aromatic carbocycles. The van der Waals surface area contributed by atoms with E-state index in [-0.39, 0.29) is 11.8 Å². The van der Waals surface area contributed by atoms with Gasteiger partial charge in [0.25, 0.3) is 5.91 Å². The maximum atomic E-state index is 12.3. The van der Waals surface area contributed by atoms with Crippen LogP contribution in [0.4, 0.5) is 11.4 Å². The number of rotatable bonds is 5. The van der Waals surface area contributed by atoms with Crippen LogP contribution >= 0.6 is 0 Å². The number of nitrogens with one attached hydrogen (secondary N) is 2. The van der Waals surface area contributed by atoms with Gasteiger partial charge in [0.2, 0.25) is 5.91 Å². The molecule has 2 aromatic rings. The Morgan fingerprint density at radius 1 is 0.960 bits per heavy atom. The lowest BCUT2D eigenvalue weighted by atomic mass is 10.1. The molecule has 0 heterocycles. The molecule has 5 nitrogen and oxygen atoms in total. The zero-order chi connectivity index (χ0) is 17.8. The molecule has 0 saturated carbocycles. The first-order chi connectivity index (χ1) is 12.0. The number of amides is 2. The summed E-state index contributed by atoms with van der Waals surface area (Å²) in [6, 6.07) is 13.0. The molecule has 130 valence electrons. The highest BCUT2D eigenvalue weighted by Gasteiger charge is 2.17. The van der Waals surface area contributed by atoms with E-state index in [1.165, 1.54) is 24.5 Å². The molecule has 1 aliphatic carbocycles. The summed E-state index contributed by atoms with van der Waals surface area (Å²) < 4.78 is 5.68. The predicted octanol–water partition coefficient (Wildman–Crippen LogP) is 3.54. The fourth-order valence-corrected chi connectivity index (χ4v) is 2.97. The van der Waals surface area contributed by atoms with Crippen molar-refractivity contribution in [2.45, 2.75) is 39.2 Å². The topological polar surface area (TPSA) is 67.4 Å². The number of anilines is 2. The highest BCUT2D eigenvalue weighted by molar-refractivity contribution is 5.94. The molecule has 25 heavy (non-hydrogen) atoms. The van der Waals surface area contributed by atoms with Crippen LogP contribution < -0.4 is 15.4 Å². The average Bonchev–Trinajstić information content (AvgIpc) is 3.03. The first kappa shape index (κ1) is 17.0. The second-order valence-electron chi connectivity index (χ2n) is 6.29. The van der Waals surface area contributed by atoms with Crippen molar-refractivity contribution in [2.75, 3.05) is 10.6 Å². The van der Waals surface area contributed by atoms with Crippen molar-refractivity contribution in [1.82, 2.24) is 0 Å². The van der Waals surface area contributed by atoms with Crippen LogP contribution in [0.5, 0.6) is 5.75 Å². The third-order valence-corrected chi connectivity index (χ3v) is 4.22. The minimum Gasteiger partial charge on any atom is -0.481 e. The minimum absolute atomic E-state index is 0.129. The molecule has 2 amide bonds. The van der Waals surface area contributed by atoms with E-state index in [1.807, 2.05) is 6.07 Å². The third kappa shape index (κ3) is 4.38. The molecule has 2 N–H and O–H groups in total. The molecular formula is C20H22N2O3. The van der Waals surface area contributed by atoms with E-state index < -0.39 is 6.10 Å². The fourth-order valence-electron chi connectivity index (χ4n) is 2.97. The summed E-state index contributed by atoms with van der Waals surface area (Å²) in [5.74, 6) is 0.255. The summed E-state index contributed by atoms with van der Waals surface area (Å²) >= 11 is 0.